The molecule has 9 heteroatoms. The van der Waals surface area contributed by atoms with Gasteiger partial charge in [0.15, 0.2) is 5.82 Å². The molecule has 1 saturated carbocycles. The maximum atomic E-state index is 12.8. The first kappa shape index (κ1) is 18.9. The van der Waals surface area contributed by atoms with Gasteiger partial charge in [-0.1, -0.05) is 6.07 Å². The van der Waals surface area contributed by atoms with Gasteiger partial charge < -0.3 is 10.8 Å². The van der Waals surface area contributed by atoms with Gasteiger partial charge in [0.25, 0.3) is 0 Å². The smallest absolute Gasteiger partial charge is 0.240 e. The van der Waals surface area contributed by atoms with Crippen LogP contribution in [0.5, 0.6) is 0 Å². The van der Waals surface area contributed by atoms with Crippen LogP contribution in [0.3, 0.4) is 0 Å². The number of aliphatic hydroxyl groups excluding tert-OH is 1. The van der Waals surface area contributed by atoms with Gasteiger partial charge in [0, 0.05) is 11.6 Å². The molecule has 3 aromatic rings. The Balaban J connectivity index is 1.62. The van der Waals surface area contributed by atoms with Gasteiger partial charge in [-0.05, 0) is 62.4 Å². The lowest BCUT2D eigenvalue weighted by atomic mass is 9.94. The van der Waals surface area contributed by atoms with Gasteiger partial charge in [0.1, 0.15) is 5.52 Å². The summed E-state index contributed by atoms with van der Waals surface area (Å²) in [7, 11) is -3.65. The number of nitrogens with zero attached hydrogens (tertiary/aromatic N) is 2. The van der Waals surface area contributed by atoms with E-state index in [1.807, 2.05) is 19.1 Å². The fraction of sp³-hybridized carbons (Fsp3) is 0.368. The third-order valence-electron chi connectivity index (χ3n) is 5.19. The number of benzene rings is 1. The number of sulfonamides is 1. The number of anilines is 1. The monoisotopic (exact) mass is 401 g/mol. The quantitative estimate of drug-likeness (QED) is 0.529. The van der Waals surface area contributed by atoms with Crippen molar-refractivity contribution in [3.63, 3.8) is 0 Å². The van der Waals surface area contributed by atoms with Crippen molar-refractivity contribution >= 4 is 26.9 Å². The van der Waals surface area contributed by atoms with Crippen LogP contribution in [-0.2, 0) is 10.0 Å². The average Bonchev–Trinajstić information content (AvgIpc) is 3.02. The van der Waals surface area contributed by atoms with Gasteiger partial charge in [0.05, 0.1) is 22.2 Å². The van der Waals surface area contributed by atoms with E-state index in [-0.39, 0.29) is 10.9 Å². The Hall–Kier alpha value is -2.49. The summed E-state index contributed by atoms with van der Waals surface area (Å²) in [6.45, 7) is 1.85. The largest absolute Gasteiger partial charge is 0.393 e. The molecule has 148 valence electrons. The van der Waals surface area contributed by atoms with Crippen molar-refractivity contribution in [1.29, 1.82) is 0 Å². The number of aromatic amines is 1. The highest BCUT2D eigenvalue weighted by Gasteiger charge is 2.26. The highest BCUT2D eigenvalue weighted by atomic mass is 32.2. The van der Waals surface area contributed by atoms with Crippen molar-refractivity contribution in [2.75, 3.05) is 5.73 Å². The lowest BCUT2D eigenvalue weighted by molar-refractivity contribution is 0.117. The van der Waals surface area contributed by atoms with Crippen LogP contribution in [0.25, 0.3) is 22.3 Å². The number of aromatic nitrogens is 3. The Labute approximate surface area is 163 Å². The number of rotatable bonds is 4. The number of nitrogens with one attached hydrogen (secondary N) is 2. The Morgan fingerprint density at radius 3 is 2.82 bits per heavy atom. The molecule has 1 aliphatic rings. The molecule has 1 aliphatic carbocycles. The minimum atomic E-state index is -3.65. The van der Waals surface area contributed by atoms with E-state index in [1.165, 1.54) is 0 Å². The second kappa shape index (κ2) is 7.16. The molecule has 0 bridgehead atoms. The molecule has 0 saturated heterocycles. The van der Waals surface area contributed by atoms with Crippen LogP contribution in [0.2, 0.25) is 0 Å². The van der Waals surface area contributed by atoms with Crippen LogP contribution in [-0.4, -0.2) is 40.9 Å². The predicted octanol–water partition coefficient (Wildman–Crippen LogP) is 2.10. The maximum absolute atomic E-state index is 12.8. The topological polar surface area (TPSA) is 134 Å². The number of hydrogen-bond donors (Lipinski definition) is 4. The fourth-order valence-electron chi connectivity index (χ4n) is 3.72. The second-order valence-electron chi connectivity index (χ2n) is 7.32. The van der Waals surface area contributed by atoms with Crippen LogP contribution < -0.4 is 10.5 Å². The standard InChI is InChI=1S/C19H23N5O3S/c1-11-9-14(28(26,27)24-12-3-2-4-13(25)10-12)5-6-15(11)16-7-8-17-18(21-16)19(20)23-22-17/h5-9,12-13,24-25H,2-4,10H2,1H3,(H3,20,22,23). The van der Waals surface area contributed by atoms with Crippen molar-refractivity contribution in [2.24, 2.45) is 0 Å². The van der Waals surface area contributed by atoms with Gasteiger partial charge in [-0.2, -0.15) is 5.10 Å². The lowest BCUT2D eigenvalue weighted by Crippen LogP contribution is -2.39. The molecule has 8 nitrogen and oxygen atoms in total. The van der Waals surface area contributed by atoms with Gasteiger partial charge in [-0.15, -0.1) is 0 Å². The van der Waals surface area contributed by atoms with Gasteiger partial charge >= 0.3 is 0 Å². The number of fused-ring (bicyclic) bond motifs is 1. The molecular weight excluding hydrogens is 378 g/mol. The molecule has 2 atom stereocenters. The van der Waals surface area contributed by atoms with E-state index < -0.39 is 16.1 Å². The van der Waals surface area contributed by atoms with Crippen LogP contribution >= 0.6 is 0 Å². The normalized spacial score (nSPS) is 20.5. The first-order valence-electron chi connectivity index (χ1n) is 9.25. The lowest BCUT2D eigenvalue weighted by Gasteiger charge is -2.26. The number of nitrogen functional groups attached to an aromatic ring is 1. The van der Waals surface area contributed by atoms with Crippen LogP contribution in [0.4, 0.5) is 5.82 Å². The first-order chi connectivity index (χ1) is 13.3. The van der Waals surface area contributed by atoms with Crippen molar-refractivity contribution < 1.29 is 13.5 Å². The minimum Gasteiger partial charge on any atom is -0.393 e. The van der Waals surface area contributed by atoms with E-state index in [4.69, 9.17) is 5.73 Å². The highest BCUT2D eigenvalue weighted by Crippen LogP contribution is 2.28. The van der Waals surface area contributed by atoms with E-state index in [9.17, 15) is 13.5 Å². The average molecular weight is 401 g/mol. The molecule has 0 spiro atoms. The molecule has 0 radical (unpaired) electrons. The van der Waals surface area contributed by atoms with Gasteiger partial charge in [0.2, 0.25) is 10.0 Å². The highest BCUT2D eigenvalue weighted by molar-refractivity contribution is 7.89. The summed E-state index contributed by atoms with van der Waals surface area (Å²) >= 11 is 0. The fourth-order valence-corrected chi connectivity index (χ4v) is 5.09. The summed E-state index contributed by atoms with van der Waals surface area (Å²) in [4.78, 5) is 4.75. The summed E-state index contributed by atoms with van der Waals surface area (Å²) in [5.41, 5.74) is 9.49. The molecule has 28 heavy (non-hydrogen) atoms. The van der Waals surface area contributed by atoms with Crippen LogP contribution in [0.15, 0.2) is 35.2 Å². The van der Waals surface area contributed by atoms with Gasteiger partial charge in [-0.3, -0.25) is 5.10 Å². The molecule has 0 amide bonds. The summed E-state index contributed by atoms with van der Waals surface area (Å²) < 4.78 is 28.2. The summed E-state index contributed by atoms with van der Waals surface area (Å²) in [6, 6.07) is 8.43. The minimum absolute atomic E-state index is 0.206. The summed E-state index contributed by atoms with van der Waals surface area (Å²) in [5.74, 6) is 0.326. The number of nitrogens with two attached hydrogens (primary N) is 1. The molecule has 0 aliphatic heterocycles. The third-order valence-corrected chi connectivity index (χ3v) is 6.71. The Kier molecular flexibility index (Phi) is 4.82. The zero-order chi connectivity index (χ0) is 19.9. The maximum Gasteiger partial charge on any atom is 0.240 e. The van der Waals surface area contributed by atoms with Crippen LogP contribution in [0, 0.1) is 6.92 Å². The number of aryl methyl sites for hydroxylation is 1. The number of pyridine rings is 1. The number of aliphatic hydroxyl groups is 1. The molecule has 1 fully saturated rings. The number of hydrogen-bond acceptors (Lipinski definition) is 6. The van der Waals surface area contributed by atoms with Crippen molar-refractivity contribution in [2.45, 2.75) is 49.6 Å². The molecule has 5 N–H and O–H groups in total. The zero-order valence-corrected chi connectivity index (χ0v) is 16.3. The molecular formula is C19H23N5O3S. The van der Waals surface area contributed by atoms with E-state index in [0.717, 1.165) is 35.9 Å². The van der Waals surface area contributed by atoms with Gasteiger partial charge in [-0.25, -0.2) is 18.1 Å². The second-order valence-corrected chi connectivity index (χ2v) is 9.03. The van der Waals surface area contributed by atoms with Crippen molar-refractivity contribution in [1.82, 2.24) is 19.9 Å². The van der Waals surface area contributed by atoms with Crippen molar-refractivity contribution in [3.05, 3.63) is 35.9 Å². The zero-order valence-electron chi connectivity index (χ0n) is 15.5. The van der Waals surface area contributed by atoms with Crippen LogP contribution in [0.1, 0.15) is 31.2 Å². The SMILES string of the molecule is Cc1cc(S(=O)(=O)NC2CCCC(O)C2)ccc1-c1ccc2[nH]nc(N)c2n1. The molecule has 4 rings (SSSR count). The molecule has 1 aromatic carbocycles. The Morgan fingerprint density at radius 2 is 2.07 bits per heavy atom. The van der Waals surface area contributed by atoms with Crippen molar-refractivity contribution in [3.8, 4) is 11.3 Å². The van der Waals surface area contributed by atoms with E-state index in [2.05, 4.69) is 19.9 Å². The predicted molar refractivity (Wildman–Crippen MR) is 107 cm³/mol. The molecule has 2 aromatic heterocycles. The van der Waals surface area contributed by atoms with E-state index in [1.54, 1.807) is 18.2 Å². The Morgan fingerprint density at radius 1 is 1.25 bits per heavy atom. The Bertz CT molecular complexity index is 1130. The summed E-state index contributed by atoms with van der Waals surface area (Å²) in [6.07, 6.45) is 2.29. The summed E-state index contributed by atoms with van der Waals surface area (Å²) in [5, 5.41) is 16.5. The van der Waals surface area contributed by atoms with E-state index >= 15 is 0 Å². The first-order valence-corrected chi connectivity index (χ1v) is 10.7. The number of H-pyrrole nitrogens is 1. The molecule has 2 unspecified atom stereocenters. The molecule has 2 heterocycles. The third kappa shape index (κ3) is 3.60. The van der Waals surface area contributed by atoms with E-state index in [0.29, 0.717) is 23.4 Å².